The van der Waals surface area contributed by atoms with E-state index in [1.165, 1.54) is 23.9 Å². The number of nitrogens with one attached hydrogen (secondary N) is 1. The number of hydrogen-bond donors (Lipinski definition) is 1. The lowest BCUT2D eigenvalue weighted by molar-refractivity contribution is 0.367. The summed E-state index contributed by atoms with van der Waals surface area (Å²) < 4.78 is 1.51. The summed E-state index contributed by atoms with van der Waals surface area (Å²) in [7, 11) is 3.97. The summed E-state index contributed by atoms with van der Waals surface area (Å²) in [4.78, 5) is 13.8. The number of aromatic nitrogens is 2. The van der Waals surface area contributed by atoms with Gasteiger partial charge in [0.05, 0.1) is 18.4 Å². The molecule has 1 aliphatic carbocycles. The molecule has 0 atom stereocenters. The van der Waals surface area contributed by atoms with Crippen LogP contribution in [0.5, 0.6) is 0 Å². The summed E-state index contributed by atoms with van der Waals surface area (Å²) in [5.41, 5.74) is 0.817. The maximum Gasteiger partial charge on any atom is 0.268 e. The van der Waals surface area contributed by atoms with E-state index < -0.39 is 0 Å². The third kappa shape index (κ3) is 3.30. The zero-order valence-electron chi connectivity index (χ0n) is 10.5. The first kappa shape index (κ1) is 12.1. The zero-order valence-corrected chi connectivity index (χ0v) is 10.5. The molecule has 0 aromatic carbocycles. The number of nitrogens with zero attached hydrogens (tertiary/aromatic N) is 3. The molecule has 1 heterocycles. The molecule has 0 aliphatic heterocycles. The topological polar surface area (TPSA) is 50.2 Å². The van der Waals surface area contributed by atoms with Crippen LogP contribution in [0.3, 0.4) is 0 Å². The predicted molar refractivity (Wildman–Crippen MR) is 68.3 cm³/mol. The van der Waals surface area contributed by atoms with Crippen molar-refractivity contribution >= 4 is 5.69 Å². The van der Waals surface area contributed by atoms with Gasteiger partial charge in [0, 0.05) is 18.7 Å². The van der Waals surface area contributed by atoms with Crippen LogP contribution in [0, 0.1) is 0 Å². The van der Waals surface area contributed by atoms with Crippen molar-refractivity contribution in [1.82, 2.24) is 14.7 Å². The Hall–Kier alpha value is -1.36. The average molecular weight is 236 g/mol. The van der Waals surface area contributed by atoms with E-state index in [1.807, 2.05) is 19.0 Å². The van der Waals surface area contributed by atoms with Gasteiger partial charge in [-0.3, -0.25) is 4.79 Å². The van der Waals surface area contributed by atoms with Crippen molar-refractivity contribution in [2.45, 2.75) is 31.8 Å². The van der Waals surface area contributed by atoms with E-state index in [0.717, 1.165) is 12.2 Å². The van der Waals surface area contributed by atoms with E-state index in [1.54, 1.807) is 12.3 Å². The molecule has 17 heavy (non-hydrogen) atoms. The lowest BCUT2D eigenvalue weighted by atomic mass is 9.93. The van der Waals surface area contributed by atoms with E-state index in [4.69, 9.17) is 0 Å². The van der Waals surface area contributed by atoms with Crippen LogP contribution in [0.25, 0.3) is 0 Å². The fraction of sp³-hybridized carbons (Fsp3) is 0.667. The number of rotatable bonds is 5. The molecule has 0 unspecified atom stereocenters. The normalized spacial score (nSPS) is 15.9. The highest BCUT2D eigenvalue weighted by Gasteiger charge is 2.17. The fourth-order valence-corrected chi connectivity index (χ4v) is 1.76. The molecular weight excluding hydrogens is 216 g/mol. The van der Waals surface area contributed by atoms with Gasteiger partial charge >= 0.3 is 0 Å². The molecule has 94 valence electrons. The minimum absolute atomic E-state index is 0.0313. The van der Waals surface area contributed by atoms with Crippen LogP contribution in [0.2, 0.25) is 0 Å². The highest BCUT2D eigenvalue weighted by Crippen LogP contribution is 2.21. The Morgan fingerprint density at radius 2 is 2.29 bits per heavy atom. The quantitative estimate of drug-likeness (QED) is 0.820. The van der Waals surface area contributed by atoms with Gasteiger partial charge in [0.15, 0.2) is 0 Å². The van der Waals surface area contributed by atoms with Crippen molar-refractivity contribution in [3.05, 3.63) is 22.6 Å². The van der Waals surface area contributed by atoms with Gasteiger partial charge in [0.1, 0.15) is 0 Å². The zero-order chi connectivity index (χ0) is 12.3. The summed E-state index contributed by atoms with van der Waals surface area (Å²) in [5, 5.41) is 7.50. The molecule has 1 N–H and O–H groups in total. The van der Waals surface area contributed by atoms with Gasteiger partial charge in [-0.05, 0) is 33.4 Å². The second kappa shape index (κ2) is 5.31. The largest absolute Gasteiger partial charge is 0.381 e. The first-order chi connectivity index (χ1) is 8.15. The van der Waals surface area contributed by atoms with Gasteiger partial charge in [-0.25, -0.2) is 4.68 Å². The van der Waals surface area contributed by atoms with Crippen LogP contribution in [0.1, 0.15) is 19.3 Å². The Balaban J connectivity index is 1.98. The van der Waals surface area contributed by atoms with Gasteiger partial charge in [-0.2, -0.15) is 5.10 Å². The molecule has 5 nitrogen and oxygen atoms in total. The van der Waals surface area contributed by atoms with Crippen LogP contribution < -0.4 is 10.9 Å². The van der Waals surface area contributed by atoms with Crippen molar-refractivity contribution in [2.75, 3.05) is 26.0 Å². The van der Waals surface area contributed by atoms with Crippen LogP contribution in [0.4, 0.5) is 5.69 Å². The van der Waals surface area contributed by atoms with Crippen molar-refractivity contribution in [3.8, 4) is 0 Å². The Bertz CT molecular complexity index is 423. The lowest BCUT2D eigenvalue weighted by Crippen LogP contribution is -2.31. The Morgan fingerprint density at radius 1 is 1.53 bits per heavy atom. The summed E-state index contributed by atoms with van der Waals surface area (Å²) in [6, 6.07) is 2.18. The van der Waals surface area contributed by atoms with Gasteiger partial charge < -0.3 is 10.2 Å². The molecule has 0 spiro atoms. The molecule has 1 fully saturated rings. The fourth-order valence-electron chi connectivity index (χ4n) is 1.76. The van der Waals surface area contributed by atoms with Gasteiger partial charge in [-0.1, -0.05) is 0 Å². The molecule has 0 saturated heterocycles. The molecule has 5 heteroatoms. The van der Waals surface area contributed by atoms with Crippen molar-refractivity contribution < 1.29 is 0 Å². The van der Waals surface area contributed by atoms with E-state index in [0.29, 0.717) is 12.6 Å². The van der Waals surface area contributed by atoms with Gasteiger partial charge in [0.25, 0.3) is 5.56 Å². The molecule has 1 saturated carbocycles. The Morgan fingerprint density at radius 3 is 2.82 bits per heavy atom. The molecule has 0 radical (unpaired) electrons. The van der Waals surface area contributed by atoms with Crippen molar-refractivity contribution in [3.63, 3.8) is 0 Å². The number of anilines is 1. The Kier molecular flexibility index (Phi) is 3.78. The van der Waals surface area contributed by atoms with Crippen LogP contribution in [-0.2, 0) is 6.54 Å². The van der Waals surface area contributed by atoms with E-state index in [-0.39, 0.29) is 5.56 Å². The van der Waals surface area contributed by atoms with Crippen LogP contribution in [0.15, 0.2) is 17.1 Å². The molecule has 1 aromatic rings. The van der Waals surface area contributed by atoms with E-state index in [9.17, 15) is 4.79 Å². The molecule has 1 aliphatic rings. The van der Waals surface area contributed by atoms with Crippen LogP contribution in [-0.4, -0.2) is 41.4 Å². The summed E-state index contributed by atoms with van der Waals surface area (Å²) >= 11 is 0. The average Bonchev–Trinajstić information content (AvgIpc) is 2.22. The van der Waals surface area contributed by atoms with Crippen molar-refractivity contribution in [1.29, 1.82) is 0 Å². The smallest absolute Gasteiger partial charge is 0.268 e. The SMILES string of the molecule is CN(C)CCn1ncc(NC2CCC2)cc1=O. The molecule has 2 rings (SSSR count). The maximum absolute atomic E-state index is 11.8. The monoisotopic (exact) mass is 236 g/mol. The minimum atomic E-state index is -0.0313. The Labute approximate surface area is 101 Å². The minimum Gasteiger partial charge on any atom is -0.381 e. The summed E-state index contributed by atoms with van der Waals surface area (Å²) in [6.45, 7) is 1.46. The van der Waals surface area contributed by atoms with Gasteiger partial charge in [-0.15, -0.1) is 0 Å². The van der Waals surface area contributed by atoms with E-state index >= 15 is 0 Å². The highest BCUT2D eigenvalue weighted by atomic mass is 16.1. The number of hydrogen-bond acceptors (Lipinski definition) is 4. The van der Waals surface area contributed by atoms with E-state index in [2.05, 4.69) is 10.4 Å². The second-order valence-electron chi connectivity index (χ2n) is 4.88. The van der Waals surface area contributed by atoms with Crippen LogP contribution >= 0.6 is 0 Å². The third-order valence-corrected chi connectivity index (χ3v) is 3.10. The standard InChI is InChI=1S/C12H20N4O/c1-15(2)6-7-16-12(17)8-11(9-13-16)14-10-4-3-5-10/h8-10,14H,3-7H2,1-2H3. The molecule has 1 aromatic heterocycles. The third-order valence-electron chi connectivity index (χ3n) is 3.10. The van der Waals surface area contributed by atoms with Crippen molar-refractivity contribution in [2.24, 2.45) is 0 Å². The summed E-state index contributed by atoms with van der Waals surface area (Å²) in [5.74, 6) is 0. The lowest BCUT2D eigenvalue weighted by Gasteiger charge is -2.27. The summed E-state index contributed by atoms with van der Waals surface area (Å²) in [6.07, 6.45) is 5.42. The predicted octanol–water partition coefficient (Wildman–Crippen LogP) is 0.769. The highest BCUT2D eigenvalue weighted by molar-refractivity contribution is 5.40. The first-order valence-corrected chi connectivity index (χ1v) is 6.13. The van der Waals surface area contributed by atoms with Gasteiger partial charge in [0.2, 0.25) is 0 Å². The molecule has 0 bridgehead atoms. The number of likely N-dealkylation sites (N-methyl/N-ethyl adjacent to an activating group) is 1. The second-order valence-corrected chi connectivity index (χ2v) is 4.88. The molecular formula is C12H20N4O. The molecule has 0 amide bonds. The maximum atomic E-state index is 11.8. The first-order valence-electron chi connectivity index (χ1n) is 6.13.